The van der Waals surface area contributed by atoms with E-state index in [1.807, 2.05) is 0 Å². The van der Waals surface area contributed by atoms with E-state index in [4.69, 9.17) is 0 Å². The van der Waals surface area contributed by atoms with E-state index in [0.29, 0.717) is 16.9 Å². The van der Waals surface area contributed by atoms with Gasteiger partial charge >= 0.3 is 0 Å². The molecule has 2 aromatic heterocycles. The number of fused-ring (bicyclic) bond motifs is 1. The predicted molar refractivity (Wildman–Crippen MR) is 167 cm³/mol. The summed E-state index contributed by atoms with van der Waals surface area (Å²) in [5.74, 6) is -0.638. The lowest BCUT2D eigenvalue weighted by atomic mass is 9.87. The van der Waals surface area contributed by atoms with Crippen molar-refractivity contribution in [3.05, 3.63) is 96.8 Å². The summed E-state index contributed by atoms with van der Waals surface area (Å²) in [6, 6.07) is 20.1. The largest absolute Gasteiger partial charge is 0.326 e. The molecule has 0 saturated heterocycles. The van der Waals surface area contributed by atoms with Gasteiger partial charge < -0.3 is 5.32 Å². The number of carbonyl (C=O) groups is 2. The zero-order valence-electron chi connectivity index (χ0n) is 24.3. The van der Waals surface area contributed by atoms with Gasteiger partial charge in [0.25, 0.3) is 20.0 Å². The molecule has 0 aliphatic carbocycles. The Bertz CT molecular complexity index is 2120. The van der Waals surface area contributed by atoms with Gasteiger partial charge in [-0.2, -0.15) is 0 Å². The van der Waals surface area contributed by atoms with E-state index >= 15 is 0 Å². The van der Waals surface area contributed by atoms with Gasteiger partial charge in [0.2, 0.25) is 5.91 Å². The summed E-state index contributed by atoms with van der Waals surface area (Å²) >= 11 is 0. The molecular formula is C31H29N5O6S2. The van der Waals surface area contributed by atoms with Gasteiger partial charge in [-0.05, 0) is 48.5 Å². The molecular weight excluding hydrogens is 603 g/mol. The Kier molecular flexibility index (Phi) is 7.87. The van der Waals surface area contributed by atoms with Gasteiger partial charge in [-0.1, -0.05) is 51.1 Å². The molecule has 0 aliphatic rings. The Morgan fingerprint density at radius 2 is 1.50 bits per heavy atom. The number of anilines is 2. The number of nitrogens with one attached hydrogen (secondary N) is 2. The third-order valence-electron chi connectivity index (χ3n) is 6.58. The summed E-state index contributed by atoms with van der Waals surface area (Å²) in [7, 11) is -8.08. The Labute approximate surface area is 255 Å². The highest BCUT2D eigenvalue weighted by Crippen LogP contribution is 2.31. The average Bonchev–Trinajstić information content (AvgIpc) is 3.36. The quantitative estimate of drug-likeness (QED) is 0.218. The fourth-order valence-corrected chi connectivity index (χ4v) is 6.82. The molecule has 2 N–H and O–H groups in total. The van der Waals surface area contributed by atoms with Crippen LogP contribution in [0.3, 0.4) is 0 Å². The summed E-state index contributed by atoms with van der Waals surface area (Å²) < 4.78 is 56.7. The van der Waals surface area contributed by atoms with E-state index in [2.05, 4.69) is 20.0 Å². The second kappa shape index (κ2) is 11.3. The van der Waals surface area contributed by atoms with Gasteiger partial charge in [-0.15, -0.1) is 0 Å². The van der Waals surface area contributed by atoms with Crippen LogP contribution in [0.4, 0.5) is 11.4 Å². The van der Waals surface area contributed by atoms with Crippen LogP contribution in [0.25, 0.3) is 22.4 Å². The lowest BCUT2D eigenvalue weighted by Gasteiger charge is -2.15. The van der Waals surface area contributed by atoms with Crippen LogP contribution in [0.5, 0.6) is 0 Å². The van der Waals surface area contributed by atoms with Crippen LogP contribution >= 0.6 is 0 Å². The number of hydrogen-bond donors (Lipinski definition) is 2. The zero-order chi connectivity index (χ0) is 31.9. The molecule has 5 aromatic rings. The van der Waals surface area contributed by atoms with E-state index in [-0.39, 0.29) is 43.9 Å². The van der Waals surface area contributed by atoms with Crippen molar-refractivity contribution in [1.82, 2.24) is 13.9 Å². The van der Waals surface area contributed by atoms with Crippen molar-refractivity contribution >= 4 is 54.3 Å². The topological polar surface area (TPSA) is 157 Å². The lowest BCUT2D eigenvalue weighted by Crippen LogP contribution is -2.20. The van der Waals surface area contributed by atoms with E-state index in [1.54, 1.807) is 63.2 Å². The van der Waals surface area contributed by atoms with E-state index in [1.165, 1.54) is 55.7 Å². The van der Waals surface area contributed by atoms with Crippen LogP contribution in [-0.2, 0) is 24.8 Å². The van der Waals surface area contributed by atoms with Gasteiger partial charge in [0, 0.05) is 35.5 Å². The molecule has 0 aliphatic heterocycles. The molecule has 2 heterocycles. The van der Waals surface area contributed by atoms with E-state index < -0.39 is 25.5 Å². The molecule has 1 amide bonds. The maximum atomic E-state index is 13.7. The van der Waals surface area contributed by atoms with Gasteiger partial charge in [-0.25, -0.2) is 30.8 Å². The first-order chi connectivity index (χ1) is 20.7. The molecule has 0 fully saturated rings. The van der Waals surface area contributed by atoms with Crippen molar-refractivity contribution in [1.29, 1.82) is 0 Å². The van der Waals surface area contributed by atoms with Crippen molar-refractivity contribution in [2.75, 3.05) is 10.0 Å². The SMILES string of the molecule is CC(=O)Nc1ccc(S(=O)(=O)n2cc(C(=O)C(C)(C)C)c3nc(-c4cccc(NS(=O)(=O)c5ccccc5)c4)cnc32)cc1. The molecule has 3 aromatic carbocycles. The summed E-state index contributed by atoms with van der Waals surface area (Å²) in [5, 5.41) is 2.59. The summed E-state index contributed by atoms with van der Waals surface area (Å²) in [6.45, 7) is 6.49. The first-order valence-electron chi connectivity index (χ1n) is 13.4. The van der Waals surface area contributed by atoms with Crippen LogP contribution in [0, 0.1) is 5.41 Å². The summed E-state index contributed by atoms with van der Waals surface area (Å²) in [6.07, 6.45) is 2.59. The maximum Gasteiger partial charge on any atom is 0.269 e. The number of amides is 1. The zero-order valence-corrected chi connectivity index (χ0v) is 25.9. The fourth-order valence-electron chi connectivity index (χ4n) is 4.44. The minimum atomic E-state index is -4.23. The van der Waals surface area contributed by atoms with Crippen LogP contribution in [0.15, 0.2) is 101 Å². The highest BCUT2D eigenvalue weighted by atomic mass is 32.2. The van der Waals surface area contributed by atoms with Gasteiger partial charge in [0.05, 0.1) is 27.2 Å². The molecule has 0 spiro atoms. The molecule has 0 saturated carbocycles. The molecule has 0 unspecified atom stereocenters. The molecule has 13 heteroatoms. The van der Waals surface area contributed by atoms with Crippen molar-refractivity contribution in [2.45, 2.75) is 37.5 Å². The number of sulfonamides is 1. The number of Topliss-reactive ketones (excluding diaryl/α,β-unsaturated/α-hetero) is 1. The number of ketones is 1. The summed E-state index contributed by atoms with van der Waals surface area (Å²) in [5.41, 5.74) is 0.737. The highest BCUT2D eigenvalue weighted by Gasteiger charge is 2.31. The Morgan fingerprint density at radius 3 is 2.14 bits per heavy atom. The van der Waals surface area contributed by atoms with Crippen molar-refractivity contribution < 1.29 is 26.4 Å². The van der Waals surface area contributed by atoms with E-state index in [9.17, 15) is 26.4 Å². The van der Waals surface area contributed by atoms with Crippen molar-refractivity contribution in [3.8, 4) is 11.3 Å². The number of nitrogens with zero attached hydrogens (tertiary/aromatic N) is 3. The minimum Gasteiger partial charge on any atom is -0.326 e. The molecule has 0 radical (unpaired) electrons. The number of benzene rings is 3. The average molecular weight is 632 g/mol. The molecule has 226 valence electrons. The normalized spacial score (nSPS) is 12.2. The lowest BCUT2D eigenvalue weighted by molar-refractivity contribution is -0.114. The smallest absolute Gasteiger partial charge is 0.269 e. The van der Waals surface area contributed by atoms with Crippen LogP contribution in [0.1, 0.15) is 38.1 Å². The van der Waals surface area contributed by atoms with Gasteiger partial charge in [-0.3, -0.25) is 14.3 Å². The first kappa shape index (κ1) is 30.6. The Balaban J connectivity index is 1.59. The van der Waals surface area contributed by atoms with Gasteiger partial charge in [0.15, 0.2) is 11.4 Å². The third-order valence-corrected chi connectivity index (χ3v) is 9.65. The van der Waals surface area contributed by atoms with Crippen molar-refractivity contribution in [3.63, 3.8) is 0 Å². The van der Waals surface area contributed by atoms with E-state index in [0.717, 1.165) is 3.97 Å². The Hall–Kier alpha value is -4.88. The predicted octanol–water partition coefficient (Wildman–Crippen LogP) is 5.32. The highest BCUT2D eigenvalue weighted by molar-refractivity contribution is 7.92. The standard InChI is InChI=1S/C31H29N5O6S2/c1-20(37)33-22-13-15-25(16-14-22)44(41,42)36-19-26(29(38)31(2,3)4)28-30(36)32-18-27(34-28)21-9-8-10-23(17-21)35-43(39,40)24-11-6-5-7-12-24/h5-19,35H,1-4H3,(H,33,37). The molecule has 0 atom stereocenters. The number of hydrogen-bond acceptors (Lipinski definition) is 8. The second-order valence-electron chi connectivity index (χ2n) is 11.1. The molecule has 0 bridgehead atoms. The first-order valence-corrected chi connectivity index (χ1v) is 16.3. The van der Waals surface area contributed by atoms with Gasteiger partial charge in [0.1, 0.15) is 5.52 Å². The summed E-state index contributed by atoms with van der Waals surface area (Å²) in [4.78, 5) is 34.0. The number of carbonyl (C=O) groups excluding carboxylic acids is 2. The van der Waals surface area contributed by atoms with Crippen LogP contribution in [0.2, 0.25) is 0 Å². The van der Waals surface area contributed by atoms with Crippen LogP contribution in [-0.4, -0.2) is 42.5 Å². The third kappa shape index (κ3) is 6.10. The van der Waals surface area contributed by atoms with Crippen molar-refractivity contribution in [2.24, 2.45) is 5.41 Å². The second-order valence-corrected chi connectivity index (χ2v) is 14.6. The number of aromatic nitrogens is 3. The Morgan fingerprint density at radius 1 is 0.818 bits per heavy atom. The fraction of sp³-hybridized carbons (Fsp3) is 0.161. The minimum absolute atomic E-state index is 0.0479. The molecule has 11 nitrogen and oxygen atoms in total. The maximum absolute atomic E-state index is 13.7. The van der Waals surface area contributed by atoms with Crippen LogP contribution < -0.4 is 10.0 Å². The molecule has 44 heavy (non-hydrogen) atoms. The monoisotopic (exact) mass is 631 g/mol. The molecule has 5 rings (SSSR count). The number of rotatable bonds is 8.